The van der Waals surface area contributed by atoms with Gasteiger partial charge in [-0.3, -0.25) is 0 Å². The predicted octanol–water partition coefficient (Wildman–Crippen LogP) is 3.57. The van der Waals surface area contributed by atoms with Crippen molar-refractivity contribution in [2.75, 3.05) is 0 Å². The van der Waals surface area contributed by atoms with E-state index in [0.717, 1.165) is 6.42 Å². The van der Waals surface area contributed by atoms with E-state index in [1.165, 1.54) is 44.1 Å². The third-order valence-corrected chi connectivity index (χ3v) is 2.44. The Morgan fingerprint density at radius 1 is 1.25 bits per heavy atom. The van der Waals surface area contributed by atoms with Gasteiger partial charge < -0.3 is 0 Å². The summed E-state index contributed by atoms with van der Waals surface area (Å²) >= 11 is 0. The Kier molecular flexibility index (Phi) is 4.52. The fraction of sp³-hybridized carbons (Fsp3) is 0.727. The zero-order valence-corrected chi connectivity index (χ0v) is 7.68. The number of rotatable bonds is 2. The molecule has 1 aliphatic carbocycles. The van der Waals surface area contributed by atoms with E-state index in [4.69, 9.17) is 5.26 Å². The van der Waals surface area contributed by atoms with Crippen LogP contribution in [0, 0.1) is 11.3 Å². The molecule has 66 valence electrons. The smallest absolute Gasteiger partial charge is 0.0625 e. The fourth-order valence-corrected chi connectivity index (χ4v) is 1.70. The summed E-state index contributed by atoms with van der Waals surface area (Å²) in [7, 11) is 0. The summed E-state index contributed by atoms with van der Waals surface area (Å²) in [5.41, 5.74) is 1.52. The van der Waals surface area contributed by atoms with Crippen LogP contribution in [0.2, 0.25) is 0 Å². The second-order valence-electron chi connectivity index (χ2n) is 3.47. The quantitative estimate of drug-likeness (QED) is 0.571. The van der Waals surface area contributed by atoms with Crippen molar-refractivity contribution in [3.05, 3.63) is 11.6 Å². The van der Waals surface area contributed by atoms with Crippen LogP contribution >= 0.6 is 0 Å². The summed E-state index contributed by atoms with van der Waals surface area (Å²) < 4.78 is 0. The minimum Gasteiger partial charge on any atom is -0.198 e. The molecular formula is C11H17N. The number of hydrogen-bond acceptors (Lipinski definition) is 1. The molecule has 0 saturated carbocycles. The molecule has 0 spiro atoms. The highest BCUT2D eigenvalue weighted by Crippen LogP contribution is 2.19. The van der Waals surface area contributed by atoms with E-state index < -0.39 is 0 Å². The first kappa shape index (κ1) is 9.32. The normalized spacial score (nSPS) is 18.8. The van der Waals surface area contributed by atoms with Crippen LogP contribution in [0.1, 0.15) is 51.4 Å². The summed E-state index contributed by atoms with van der Waals surface area (Å²) in [5.74, 6) is 0. The molecule has 0 aromatic carbocycles. The Morgan fingerprint density at radius 3 is 2.92 bits per heavy atom. The van der Waals surface area contributed by atoms with E-state index in [1.807, 2.05) is 0 Å². The molecule has 0 aromatic heterocycles. The Labute approximate surface area is 75.1 Å². The SMILES string of the molecule is N#CCCC1=CCCCCCC1. The highest BCUT2D eigenvalue weighted by molar-refractivity contribution is 5.04. The highest BCUT2D eigenvalue weighted by Gasteiger charge is 2.00. The van der Waals surface area contributed by atoms with Crippen LogP contribution in [0.4, 0.5) is 0 Å². The van der Waals surface area contributed by atoms with Gasteiger partial charge in [-0.05, 0) is 32.1 Å². The molecule has 0 bridgehead atoms. The Hall–Kier alpha value is -0.770. The second-order valence-corrected chi connectivity index (χ2v) is 3.47. The molecule has 0 heterocycles. The van der Waals surface area contributed by atoms with Crippen LogP contribution in [0.25, 0.3) is 0 Å². The van der Waals surface area contributed by atoms with Gasteiger partial charge in [-0.15, -0.1) is 0 Å². The lowest BCUT2D eigenvalue weighted by Gasteiger charge is -2.09. The summed E-state index contributed by atoms with van der Waals surface area (Å²) in [6.07, 6.45) is 12.0. The molecule has 0 N–H and O–H groups in total. The molecule has 1 nitrogen and oxygen atoms in total. The third kappa shape index (κ3) is 3.57. The largest absolute Gasteiger partial charge is 0.198 e. The molecule has 1 rings (SSSR count). The maximum atomic E-state index is 8.45. The van der Waals surface area contributed by atoms with Crippen molar-refractivity contribution in [3.8, 4) is 6.07 Å². The van der Waals surface area contributed by atoms with Crippen LogP contribution in [0.5, 0.6) is 0 Å². The van der Waals surface area contributed by atoms with Crippen molar-refractivity contribution in [1.29, 1.82) is 5.26 Å². The molecule has 0 amide bonds. The van der Waals surface area contributed by atoms with E-state index in [9.17, 15) is 0 Å². The average molecular weight is 163 g/mol. The zero-order chi connectivity index (χ0) is 8.65. The first-order valence-corrected chi connectivity index (χ1v) is 4.98. The number of nitrogens with zero attached hydrogens (tertiary/aromatic N) is 1. The molecular weight excluding hydrogens is 146 g/mol. The molecule has 12 heavy (non-hydrogen) atoms. The standard InChI is InChI=1S/C11H17N/c12-10-6-9-11-7-4-2-1-3-5-8-11/h7H,1-6,8-9H2. The van der Waals surface area contributed by atoms with Gasteiger partial charge in [0.05, 0.1) is 6.07 Å². The van der Waals surface area contributed by atoms with Crippen LogP contribution in [0.3, 0.4) is 0 Å². The van der Waals surface area contributed by atoms with E-state index in [1.54, 1.807) is 0 Å². The van der Waals surface area contributed by atoms with Crippen molar-refractivity contribution < 1.29 is 0 Å². The van der Waals surface area contributed by atoms with E-state index in [0.29, 0.717) is 6.42 Å². The van der Waals surface area contributed by atoms with Crippen molar-refractivity contribution >= 4 is 0 Å². The van der Waals surface area contributed by atoms with Crippen LogP contribution in [-0.4, -0.2) is 0 Å². The van der Waals surface area contributed by atoms with Crippen LogP contribution < -0.4 is 0 Å². The summed E-state index contributed by atoms with van der Waals surface area (Å²) in [6, 6.07) is 2.21. The molecule has 0 fully saturated rings. The third-order valence-electron chi connectivity index (χ3n) is 2.44. The summed E-state index contributed by atoms with van der Waals surface area (Å²) in [5, 5.41) is 8.45. The first-order valence-electron chi connectivity index (χ1n) is 4.98. The van der Waals surface area contributed by atoms with Crippen LogP contribution in [-0.2, 0) is 0 Å². The lowest BCUT2D eigenvalue weighted by atomic mass is 9.97. The lowest BCUT2D eigenvalue weighted by molar-refractivity contribution is 0.615. The topological polar surface area (TPSA) is 23.8 Å². The Morgan fingerprint density at radius 2 is 2.08 bits per heavy atom. The molecule has 1 heteroatoms. The van der Waals surface area contributed by atoms with E-state index in [-0.39, 0.29) is 0 Å². The van der Waals surface area contributed by atoms with Gasteiger partial charge in [0.25, 0.3) is 0 Å². The molecule has 0 atom stereocenters. The maximum absolute atomic E-state index is 8.45. The summed E-state index contributed by atoms with van der Waals surface area (Å²) in [4.78, 5) is 0. The Bertz CT molecular complexity index is 186. The van der Waals surface area contributed by atoms with E-state index in [2.05, 4.69) is 12.1 Å². The minimum absolute atomic E-state index is 0.700. The van der Waals surface area contributed by atoms with Gasteiger partial charge in [-0.25, -0.2) is 0 Å². The van der Waals surface area contributed by atoms with Crippen molar-refractivity contribution in [1.82, 2.24) is 0 Å². The van der Waals surface area contributed by atoms with Crippen LogP contribution in [0.15, 0.2) is 11.6 Å². The van der Waals surface area contributed by atoms with E-state index >= 15 is 0 Å². The van der Waals surface area contributed by atoms with Crippen molar-refractivity contribution in [3.63, 3.8) is 0 Å². The zero-order valence-electron chi connectivity index (χ0n) is 7.68. The van der Waals surface area contributed by atoms with Gasteiger partial charge in [0.15, 0.2) is 0 Å². The molecule has 0 unspecified atom stereocenters. The molecule has 0 saturated heterocycles. The number of allylic oxidation sites excluding steroid dienone is 2. The predicted molar refractivity (Wildman–Crippen MR) is 50.6 cm³/mol. The highest BCUT2D eigenvalue weighted by atomic mass is 14.2. The molecule has 0 aliphatic heterocycles. The van der Waals surface area contributed by atoms with Crippen molar-refractivity contribution in [2.45, 2.75) is 51.4 Å². The van der Waals surface area contributed by atoms with Gasteiger partial charge >= 0.3 is 0 Å². The minimum atomic E-state index is 0.700. The van der Waals surface area contributed by atoms with Gasteiger partial charge in [0, 0.05) is 6.42 Å². The lowest BCUT2D eigenvalue weighted by Crippen LogP contribution is -1.90. The Balaban J connectivity index is 2.32. The molecule has 1 aliphatic rings. The number of hydrogen-bond donors (Lipinski definition) is 0. The number of nitriles is 1. The van der Waals surface area contributed by atoms with Gasteiger partial charge in [-0.2, -0.15) is 5.26 Å². The fourth-order valence-electron chi connectivity index (χ4n) is 1.70. The van der Waals surface area contributed by atoms with Gasteiger partial charge in [0.2, 0.25) is 0 Å². The summed E-state index contributed by atoms with van der Waals surface area (Å²) in [6.45, 7) is 0. The monoisotopic (exact) mass is 163 g/mol. The maximum Gasteiger partial charge on any atom is 0.0625 e. The molecule has 0 radical (unpaired) electrons. The van der Waals surface area contributed by atoms with Gasteiger partial charge in [0.1, 0.15) is 0 Å². The van der Waals surface area contributed by atoms with Gasteiger partial charge in [-0.1, -0.05) is 24.5 Å². The van der Waals surface area contributed by atoms with Crippen molar-refractivity contribution in [2.24, 2.45) is 0 Å². The average Bonchev–Trinajstić information content (AvgIpc) is 2.02. The second kappa shape index (κ2) is 5.83. The first-order chi connectivity index (χ1) is 5.93. The molecule has 0 aromatic rings.